The van der Waals surface area contributed by atoms with Crippen LogP contribution in [0.25, 0.3) is 0 Å². The van der Waals surface area contributed by atoms with E-state index in [1.807, 2.05) is 4.72 Å². The molecule has 1 saturated carbocycles. The van der Waals surface area contributed by atoms with Gasteiger partial charge in [0.05, 0.1) is 30.6 Å². The highest BCUT2D eigenvalue weighted by atomic mass is 32.2. The van der Waals surface area contributed by atoms with Gasteiger partial charge in [-0.2, -0.15) is 0 Å². The highest BCUT2D eigenvalue weighted by Crippen LogP contribution is 2.28. The molecule has 1 aliphatic rings. The number of rotatable bonds is 10. The first-order valence-electron chi connectivity index (χ1n) is 10.2. The molecule has 9 nitrogen and oxygen atoms in total. The average molecular weight is 464 g/mol. The molecule has 0 aliphatic heterocycles. The minimum atomic E-state index is -4.30. The van der Waals surface area contributed by atoms with Crippen LogP contribution in [0.5, 0.6) is 0 Å². The van der Waals surface area contributed by atoms with E-state index in [0.29, 0.717) is 0 Å². The van der Waals surface area contributed by atoms with Crippen LogP contribution in [0.1, 0.15) is 39.0 Å². The third kappa shape index (κ3) is 7.34. The summed E-state index contributed by atoms with van der Waals surface area (Å²) < 4.78 is 51.9. The molecule has 31 heavy (non-hydrogen) atoms. The van der Waals surface area contributed by atoms with E-state index in [2.05, 4.69) is 10.3 Å². The summed E-state index contributed by atoms with van der Waals surface area (Å²) in [5, 5.41) is 12.3. The number of aliphatic hydroxyl groups excluding tert-OH is 1. The number of carbonyl (C=O) groups is 1. The standard InChI is InChI=1S/C19H31F2N5O4S/c1-12(27)11-26(2)14-8-17(23-9-15(14)31(29,30)24-10-16(20)21)25-19(28)18(22)13-6-4-3-5-7-13/h8-9,12-13,16,18,24,27H,3-7,10-11,22H2,1-2H3,(H,23,25,28)/t12-,18-/m0/s1. The number of anilines is 2. The Labute approximate surface area is 181 Å². The Morgan fingerprint density at radius 3 is 2.58 bits per heavy atom. The van der Waals surface area contributed by atoms with Crippen molar-refractivity contribution in [1.29, 1.82) is 0 Å². The number of carbonyl (C=O) groups excluding carboxylic acids is 1. The van der Waals surface area contributed by atoms with Crippen LogP contribution in [-0.2, 0) is 14.8 Å². The van der Waals surface area contributed by atoms with Gasteiger partial charge in [0.2, 0.25) is 15.9 Å². The Bertz CT molecular complexity index is 848. The molecule has 1 aliphatic carbocycles. The average Bonchev–Trinajstić information content (AvgIpc) is 2.71. The van der Waals surface area contributed by atoms with Crippen molar-refractivity contribution in [3.63, 3.8) is 0 Å². The molecule has 0 spiro atoms. The summed E-state index contributed by atoms with van der Waals surface area (Å²) in [4.78, 5) is 17.7. The molecule has 5 N–H and O–H groups in total. The smallest absolute Gasteiger partial charge is 0.251 e. The number of aliphatic hydroxyl groups is 1. The molecular weight excluding hydrogens is 432 g/mol. The number of amides is 1. The second kappa shape index (κ2) is 11.1. The van der Waals surface area contributed by atoms with Crippen LogP contribution >= 0.6 is 0 Å². The van der Waals surface area contributed by atoms with Crippen molar-refractivity contribution in [2.24, 2.45) is 11.7 Å². The summed E-state index contributed by atoms with van der Waals surface area (Å²) in [7, 11) is -2.76. The Balaban J connectivity index is 2.28. The van der Waals surface area contributed by atoms with Gasteiger partial charge < -0.3 is 21.1 Å². The maximum atomic E-state index is 12.6. The molecule has 2 rings (SSSR count). The molecule has 1 fully saturated rings. The van der Waals surface area contributed by atoms with Crippen molar-refractivity contribution in [2.75, 3.05) is 30.4 Å². The lowest BCUT2D eigenvalue weighted by Gasteiger charge is -2.27. The number of hydrogen-bond acceptors (Lipinski definition) is 7. The van der Waals surface area contributed by atoms with Gasteiger partial charge in [0.25, 0.3) is 6.43 Å². The molecule has 176 valence electrons. The minimum Gasteiger partial charge on any atom is -0.392 e. The van der Waals surface area contributed by atoms with Gasteiger partial charge in [0.15, 0.2) is 0 Å². The third-order valence-corrected chi connectivity index (χ3v) is 6.67. The van der Waals surface area contributed by atoms with Crippen molar-refractivity contribution in [3.8, 4) is 0 Å². The predicted molar refractivity (Wildman–Crippen MR) is 114 cm³/mol. The van der Waals surface area contributed by atoms with Crippen LogP contribution in [0, 0.1) is 5.92 Å². The first-order chi connectivity index (χ1) is 14.5. The van der Waals surface area contributed by atoms with Crippen LogP contribution in [0.4, 0.5) is 20.3 Å². The van der Waals surface area contributed by atoms with E-state index in [1.165, 1.54) is 24.9 Å². The van der Waals surface area contributed by atoms with Crippen molar-refractivity contribution in [2.45, 2.75) is 62.5 Å². The Hall–Kier alpha value is -1.89. The Morgan fingerprint density at radius 1 is 1.35 bits per heavy atom. The van der Waals surface area contributed by atoms with Crippen molar-refractivity contribution < 1.29 is 27.1 Å². The van der Waals surface area contributed by atoms with Gasteiger partial charge in [-0.05, 0) is 25.7 Å². The normalized spacial score (nSPS) is 17.4. The van der Waals surface area contributed by atoms with Crippen molar-refractivity contribution in [3.05, 3.63) is 12.3 Å². The van der Waals surface area contributed by atoms with E-state index in [-0.39, 0.29) is 28.9 Å². The minimum absolute atomic E-state index is 0.0658. The van der Waals surface area contributed by atoms with E-state index in [9.17, 15) is 27.1 Å². The van der Waals surface area contributed by atoms with Gasteiger partial charge in [-0.1, -0.05) is 19.3 Å². The fourth-order valence-electron chi connectivity index (χ4n) is 3.67. The summed E-state index contributed by atoms with van der Waals surface area (Å²) in [5.74, 6) is -0.268. The SMILES string of the molecule is C[C@H](O)CN(C)c1cc(NC(=O)[C@@H](N)C2CCCCC2)ncc1S(=O)(=O)NCC(F)F. The summed E-state index contributed by atoms with van der Waals surface area (Å²) in [6.45, 7) is 0.541. The number of nitrogens with two attached hydrogens (primary N) is 1. The summed E-state index contributed by atoms with van der Waals surface area (Å²) in [6.07, 6.45) is 2.26. The molecule has 0 radical (unpaired) electrons. The van der Waals surface area contributed by atoms with Crippen LogP contribution in [0.3, 0.4) is 0 Å². The second-order valence-electron chi connectivity index (χ2n) is 7.92. The number of aromatic nitrogens is 1. The second-order valence-corrected chi connectivity index (χ2v) is 9.66. The lowest BCUT2D eigenvalue weighted by atomic mass is 9.84. The highest BCUT2D eigenvalue weighted by Gasteiger charge is 2.28. The molecule has 0 unspecified atom stereocenters. The van der Waals surface area contributed by atoms with E-state index in [1.54, 1.807) is 0 Å². The zero-order valence-corrected chi connectivity index (χ0v) is 18.5. The van der Waals surface area contributed by atoms with E-state index >= 15 is 0 Å². The predicted octanol–water partition coefficient (Wildman–Crippen LogP) is 1.29. The van der Waals surface area contributed by atoms with Crippen molar-refractivity contribution in [1.82, 2.24) is 9.71 Å². The van der Waals surface area contributed by atoms with Crippen LogP contribution < -0.4 is 20.7 Å². The van der Waals surface area contributed by atoms with Gasteiger partial charge in [-0.25, -0.2) is 26.9 Å². The topological polar surface area (TPSA) is 138 Å². The lowest BCUT2D eigenvalue weighted by Crippen LogP contribution is -2.42. The number of pyridine rings is 1. The first-order valence-corrected chi connectivity index (χ1v) is 11.7. The number of likely N-dealkylation sites (N-methyl/N-ethyl adjacent to an activating group) is 1. The quantitative estimate of drug-likeness (QED) is 0.410. The van der Waals surface area contributed by atoms with Gasteiger partial charge >= 0.3 is 0 Å². The summed E-state index contributed by atoms with van der Waals surface area (Å²) >= 11 is 0. The van der Waals surface area contributed by atoms with Crippen LogP contribution in [0.15, 0.2) is 17.2 Å². The van der Waals surface area contributed by atoms with Crippen LogP contribution in [-0.4, -0.2) is 63.1 Å². The number of hydrogen-bond donors (Lipinski definition) is 4. The molecule has 12 heteroatoms. The molecule has 1 amide bonds. The van der Waals surface area contributed by atoms with Gasteiger partial charge in [-0.3, -0.25) is 4.79 Å². The molecule has 0 aromatic carbocycles. The summed E-state index contributed by atoms with van der Waals surface area (Å²) in [5.41, 5.74) is 6.21. The Kier molecular flexibility index (Phi) is 9.10. The fraction of sp³-hybridized carbons (Fsp3) is 0.684. The maximum Gasteiger partial charge on any atom is 0.251 e. The molecule has 2 atom stereocenters. The van der Waals surface area contributed by atoms with E-state index in [4.69, 9.17) is 5.73 Å². The maximum absolute atomic E-state index is 12.6. The number of sulfonamides is 1. The fourth-order valence-corrected chi connectivity index (χ4v) is 4.85. The number of nitrogens with one attached hydrogen (secondary N) is 2. The lowest BCUT2D eigenvalue weighted by molar-refractivity contribution is -0.118. The summed E-state index contributed by atoms with van der Waals surface area (Å²) in [6, 6.07) is 0.613. The van der Waals surface area contributed by atoms with Crippen molar-refractivity contribution >= 4 is 27.4 Å². The third-order valence-electron chi connectivity index (χ3n) is 5.22. The number of halogens is 2. The van der Waals surface area contributed by atoms with Gasteiger partial charge in [0, 0.05) is 19.7 Å². The molecular formula is C19H31F2N5O4S. The number of nitrogens with zero attached hydrogens (tertiary/aromatic N) is 2. The van der Waals surface area contributed by atoms with Crippen LogP contribution in [0.2, 0.25) is 0 Å². The molecule has 1 aromatic heterocycles. The van der Waals surface area contributed by atoms with Gasteiger partial charge in [-0.15, -0.1) is 0 Å². The number of alkyl halides is 2. The highest BCUT2D eigenvalue weighted by molar-refractivity contribution is 7.89. The molecule has 0 saturated heterocycles. The zero-order valence-electron chi connectivity index (χ0n) is 17.7. The largest absolute Gasteiger partial charge is 0.392 e. The van der Waals surface area contributed by atoms with Gasteiger partial charge in [0.1, 0.15) is 10.7 Å². The molecule has 1 aromatic rings. The Morgan fingerprint density at radius 2 is 2.00 bits per heavy atom. The van der Waals surface area contributed by atoms with E-state index in [0.717, 1.165) is 38.3 Å². The molecule has 1 heterocycles. The molecule has 0 bridgehead atoms. The van der Waals surface area contributed by atoms with E-state index < -0.39 is 41.0 Å². The first kappa shape index (κ1) is 25.4. The zero-order chi connectivity index (χ0) is 23.2. The monoisotopic (exact) mass is 463 g/mol.